The fourth-order valence-electron chi connectivity index (χ4n) is 7.53. The molecule has 2 aliphatic rings. The average molecular weight is 715 g/mol. The second kappa shape index (κ2) is 12.4. The summed E-state index contributed by atoms with van der Waals surface area (Å²) in [7, 11) is -9.92. The van der Waals surface area contributed by atoms with Crippen molar-refractivity contribution in [2.75, 3.05) is 0 Å². The molecule has 2 unspecified atom stereocenters. The van der Waals surface area contributed by atoms with Crippen molar-refractivity contribution in [2.24, 2.45) is 10.2 Å². The molecular formula is C36H34N4O8S2. The van der Waals surface area contributed by atoms with Crippen molar-refractivity contribution >= 4 is 31.8 Å². The topological polar surface area (TPSA) is 222 Å². The van der Waals surface area contributed by atoms with Crippen LogP contribution < -0.4 is 0 Å². The van der Waals surface area contributed by atoms with Crippen molar-refractivity contribution < 1.29 is 39.0 Å². The van der Waals surface area contributed by atoms with Crippen molar-refractivity contribution in [1.82, 2.24) is 0 Å². The summed E-state index contributed by atoms with van der Waals surface area (Å²) in [5.41, 5.74) is 8.98. The molecule has 0 fully saturated rings. The van der Waals surface area contributed by atoms with Gasteiger partial charge in [-0.2, -0.15) is 27.1 Å². The summed E-state index contributed by atoms with van der Waals surface area (Å²) in [6, 6.07) is 22.4. The van der Waals surface area contributed by atoms with Gasteiger partial charge in [0.25, 0.3) is 20.2 Å². The lowest BCUT2D eigenvalue weighted by Crippen LogP contribution is -2.41. The number of aliphatic hydroxyl groups is 2. The molecule has 0 aliphatic heterocycles. The highest BCUT2D eigenvalue weighted by Crippen LogP contribution is 2.53. The minimum absolute atomic E-state index is 0.121. The van der Waals surface area contributed by atoms with Crippen LogP contribution >= 0.6 is 0 Å². The van der Waals surface area contributed by atoms with E-state index in [9.17, 15) is 36.2 Å². The summed E-state index contributed by atoms with van der Waals surface area (Å²) in [6.07, 6.45) is -0.359. The molecule has 0 amide bonds. The number of nitrogens with zero attached hydrogens (tertiary/aromatic N) is 2. The Labute approximate surface area is 292 Å². The number of allylic oxidation sites excluding steroid dienone is 2. The zero-order valence-electron chi connectivity index (χ0n) is 28.9. The van der Waals surface area contributed by atoms with Gasteiger partial charge < -0.3 is 10.2 Å². The van der Waals surface area contributed by atoms with Crippen LogP contribution in [0, 0.1) is 11.0 Å². The summed E-state index contributed by atoms with van der Waals surface area (Å²) in [5, 5.41) is 29.3. The highest BCUT2D eigenvalue weighted by Gasteiger charge is 2.54. The van der Waals surface area contributed by atoms with Gasteiger partial charge in [-0.05, 0) is 57.3 Å². The first-order chi connectivity index (χ1) is 24.7. The van der Waals surface area contributed by atoms with E-state index in [4.69, 9.17) is 2.82 Å². The zero-order chi connectivity index (χ0) is 37.6. The molecular weight excluding hydrogens is 681 g/mol. The van der Waals surface area contributed by atoms with Gasteiger partial charge in [-0.3, -0.25) is 9.11 Å². The number of aryl methyl sites for hydroxylation is 2. The van der Waals surface area contributed by atoms with Crippen molar-refractivity contribution in [3.8, 4) is 11.1 Å². The van der Waals surface area contributed by atoms with Crippen LogP contribution in [0.4, 0.5) is 0 Å². The van der Waals surface area contributed by atoms with E-state index >= 15 is 0 Å². The Bertz CT molecular complexity index is 2300. The Kier molecular flexibility index (Phi) is 7.98. The molecule has 14 heteroatoms. The quantitative estimate of drug-likeness (QED) is 0.0733. The van der Waals surface area contributed by atoms with Crippen LogP contribution in [-0.2, 0) is 42.6 Å². The molecule has 12 nitrogen and oxygen atoms in total. The lowest BCUT2D eigenvalue weighted by molar-refractivity contribution is 0.429. The number of fused-ring (bicyclic) bond motifs is 2. The van der Waals surface area contributed by atoms with E-state index in [1.54, 1.807) is 60.7 Å². The smallest absolute Gasteiger partial charge is 0.279 e. The van der Waals surface area contributed by atoms with Gasteiger partial charge in [0, 0.05) is 24.0 Å². The number of rotatable bonds is 9. The third-order valence-electron chi connectivity index (χ3n) is 9.91. The van der Waals surface area contributed by atoms with E-state index in [0.29, 0.717) is 35.1 Å². The van der Waals surface area contributed by atoms with Gasteiger partial charge in [-0.1, -0.05) is 98.8 Å². The second-order valence-corrected chi connectivity index (χ2v) is 15.6. The van der Waals surface area contributed by atoms with E-state index in [2.05, 4.69) is 21.3 Å². The molecule has 2 atom stereocenters. The fraction of sp³-hybridized carbons (Fsp3) is 0.222. The summed E-state index contributed by atoms with van der Waals surface area (Å²) in [6.45, 7) is 3.64. The normalized spacial score (nSPS) is 21.7. The van der Waals surface area contributed by atoms with Crippen LogP contribution in [0.3, 0.4) is 0 Å². The number of aliphatic hydroxyl groups excluding tert-OH is 2. The summed E-state index contributed by atoms with van der Waals surface area (Å²) >= 11 is 0. The number of nitrogens with one attached hydrogen (secondary N) is 2. The molecule has 0 aromatic heterocycles. The van der Waals surface area contributed by atoms with Crippen LogP contribution in [0.25, 0.3) is 22.6 Å². The standard InChI is InChI=1S/C36H34N4O8S2/c1-3-21-17-23(13-15-27(21)35(49(43,44)45)19-31(39-37)33(41)25-9-5-7-11-29(25)35)24-14-16-28(22(4-2)18-24)36(50(46,47)48)20-32(40-38)34(42)26-10-6-8-12-30(26)36/h5-18,37-38,41-42H,3-4,19-20H2,1-2H3,(H,43,44,45)(H,46,47,48)/b39-37+,40-38+. The van der Waals surface area contributed by atoms with Crippen LogP contribution in [0.5, 0.6) is 0 Å². The van der Waals surface area contributed by atoms with Crippen molar-refractivity contribution in [2.45, 2.75) is 49.0 Å². The van der Waals surface area contributed by atoms with E-state index in [0.717, 1.165) is 0 Å². The van der Waals surface area contributed by atoms with Gasteiger partial charge in [0.1, 0.15) is 22.9 Å². The maximum absolute atomic E-state index is 13.5. The summed E-state index contributed by atoms with van der Waals surface area (Å²) < 4.78 is 86.3. The number of benzene rings is 4. The lowest BCUT2D eigenvalue weighted by Gasteiger charge is -2.38. The van der Waals surface area contributed by atoms with Crippen LogP contribution in [0.1, 0.15) is 71.2 Å². The molecule has 0 saturated carbocycles. The fourth-order valence-corrected chi connectivity index (χ4v) is 10.0. The average Bonchev–Trinajstić information content (AvgIpc) is 3.13. The first-order valence-electron chi connectivity index (χ1n) is 16.5. The Balaban J connectivity index is 1.55. The molecule has 6 rings (SSSR count). The minimum Gasteiger partial charge on any atom is -0.505 e. The molecule has 0 radical (unpaired) electrons. The third-order valence-corrected chi connectivity index (χ3v) is 12.8. The van der Waals surface area contributed by atoms with Crippen molar-refractivity contribution in [3.63, 3.8) is 0 Å². The van der Waals surface area contributed by atoms with Crippen LogP contribution in [-0.4, -0.2) is 36.2 Å². The van der Waals surface area contributed by atoms with Gasteiger partial charge in [-0.15, -0.1) is 0 Å². The molecule has 4 aromatic rings. The Morgan fingerprint density at radius 3 is 1.36 bits per heavy atom. The van der Waals surface area contributed by atoms with Gasteiger partial charge in [0.15, 0.2) is 9.49 Å². The Morgan fingerprint density at radius 2 is 1.02 bits per heavy atom. The summed E-state index contributed by atoms with van der Waals surface area (Å²) in [5.74, 6) is -0.701. The SMILES string of the molecule is [H]/N=N/C1=C(O)c2ccccc2C(c2ccc(-c3ccc(C4(S(=O)(=O)O)CC(/N=N/[H])=C(O)c5ccccc54)c(CC)c3)cc2CC)(S(=O)(=O)O)C1. The first kappa shape index (κ1) is 32.2. The van der Waals surface area contributed by atoms with Crippen LogP contribution in [0.2, 0.25) is 2.82 Å². The van der Waals surface area contributed by atoms with E-state index < -0.39 is 42.6 Å². The van der Waals surface area contributed by atoms with Gasteiger partial charge in [-0.25, -0.2) is 11.0 Å². The van der Waals surface area contributed by atoms with Crippen molar-refractivity contribution in [1.29, 1.82) is 11.0 Å². The molecule has 2 aliphatic carbocycles. The molecule has 4 aromatic carbocycles. The maximum atomic E-state index is 13.5. The molecule has 258 valence electrons. The monoisotopic (exact) mass is 714 g/mol. The van der Waals surface area contributed by atoms with Crippen LogP contribution in [0.15, 0.2) is 107 Å². The maximum Gasteiger partial charge on any atom is 0.279 e. The second-order valence-electron chi connectivity index (χ2n) is 12.3. The van der Waals surface area contributed by atoms with E-state index in [1.807, 2.05) is 13.8 Å². The highest BCUT2D eigenvalue weighted by molar-refractivity contribution is 7.87. The molecule has 0 spiro atoms. The van der Waals surface area contributed by atoms with Crippen molar-refractivity contribution in [3.05, 3.63) is 141 Å². The highest BCUT2D eigenvalue weighted by atomic mass is 32.2. The zero-order valence-corrected chi connectivity index (χ0v) is 28.6. The molecule has 0 bridgehead atoms. The Morgan fingerprint density at radius 1 is 0.640 bits per heavy atom. The predicted octanol–water partition coefficient (Wildman–Crippen LogP) is 8.06. The molecule has 6 N–H and O–H groups in total. The number of hydrogen-bond acceptors (Lipinski definition) is 10. The predicted molar refractivity (Wildman–Crippen MR) is 187 cm³/mol. The largest absolute Gasteiger partial charge is 0.505 e. The van der Waals surface area contributed by atoms with Gasteiger partial charge in [0.2, 0.25) is 2.82 Å². The number of hydrogen-bond donors (Lipinski definition) is 6. The van der Waals surface area contributed by atoms with E-state index in [-0.39, 0.29) is 56.3 Å². The lowest BCUT2D eigenvalue weighted by atomic mass is 9.76. The Hall–Kier alpha value is -5.02. The molecule has 0 saturated heterocycles. The summed E-state index contributed by atoms with van der Waals surface area (Å²) in [4.78, 5) is 0. The van der Waals surface area contributed by atoms with E-state index in [1.165, 1.54) is 24.3 Å². The molecule has 0 heterocycles. The van der Waals surface area contributed by atoms with Gasteiger partial charge >= 0.3 is 0 Å². The molecule has 50 heavy (non-hydrogen) atoms. The van der Waals surface area contributed by atoms with Gasteiger partial charge in [0.05, 0.1) is 0 Å². The third kappa shape index (κ3) is 5.01. The minimum atomic E-state index is -4.96. The first-order valence-corrected chi connectivity index (χ1v) is 18.5.